The number of carbonyl (C=O) groups is 2. The number of carbonyl (C=O) groups excluding carboxylic acids is 2. The molecule has 3 N–H and O–H groups in total. The Hall–Kier alpha value is -1.40. The number of amides is 1. The van der Waals surface area contributed by atoms with Crippen LogP contribution in [0.25, 0.3) is 0 Å². The molecule has 0 saturated carbocycles. The molecule has 3 atom stereocenters. The number of unbranched alkanes of at least 4 members (excludes halogenated alkanes) is 33. The largest absolute Gasteiger partial charge is 0.462 e. The van der Waals surface area contributed by atoms with Crippen molar-refractivity contribution in [3.63, 3.8) is 0 Å². The summed E-state index contributed by atoms with van der Waals surface area (Å²) in [5, 5.41) is 23.7. The van der Waals surface area contributed by atoms with Gasteiger partial charge in [-0.3, -0.25) is 9.59 Å². The van der Waals surface area contributed by atoms with Crippen molar-refractivity contribution < 1.29 is 24.5 Å². The smallest absolute Gasteiger partial charge is 0.306 e. The lowest BCUT2D eigenvalue weighted by molar-refractivity contribution is -0.151. The Morgan fingerprint density at radius 1 is 0.483 bits per heavy atom. The van der Waals surface area contributed by atoms with Crippen molar-refractivity contribution >= 4 is 11.9 Å². The molecule has 0 aliphatic heterocycles. The first-order chi connectivity index (χ1) is 28.5. The van der Waals surface area contributed by atoms with E-state index in [0.717, 1.165) is 51.4 Å². The van der Waals surface area contributed by atoms with Crippen LogP contribution in [-0.4, -0.2) is 46.9 Å². The molecule has 58 heavy (non-hydrogen) atoms. The van der Waals surface area contributed by atoms with Gasteiger partial charge in [-0.05, 0) is 51.4 Å². The van der Waals surface area contributed by atoms with Gasteiger partial charge in [-0.1, -0.05) is 232 Å². The number of rotatable bonds is 47. The van der Waals surface area contributed by atoms with E-state index in [1.54, 1.807) is 0 Å². The van der Waals surface area contributed by atoms with E-state index < -0.39 is 18.2 Å². The fraction of sp³-hybridized carbons (Fsp3) is 0.923. The molecule has 6 heteroatoms. The summed E-state index contributed by atoms with van der Waals surface area (Å²) >= 11 is 0. The Bertz CT molecular complexity index is 878. The molecule has 0 aromatic carbocycles. The summed E-state index contributed by atoms with van der Waals surface area (Å²) in [6.45, 7) is 6.48. The van der Waals surface area contributed by atoms with Gasteiger partial charge in [0.1, 0.15) is 6.10 Å². The maximum Gasteiger partial charge on any atom is 0.306 e. The van der Waals surface area contributed by atoms with E-state index in [-0.39, 0.29) is 24.9 Å². The maximum absolute atomic E-state index is 13.1. The fourth-order valence-electron chi connectivity index (χ4n) is 8.13. The molecule has 0 fully saturated rings. The molecule has 0 spiro atoms. The molecule has 0 aromatic rings. The number of ether oxygens (including phenoxy) is 1. The van der Waals surface area contributed by atoms with Gasteiger partial charge in [0.05, 0.1) is 25.2 Å². The summed E-state index contributed by atoms with van der Waals surface area (Å²) in [6.07, 6.45) is 51.4. The molecule has 0 rings (SSSR count). The first-order valence-corrected chi connectivity index (χ1v) is 25.9. The predicted molar refractivity (Wildman–Crippen MR) is 250 cm³/mol. The fourth-order valence-corrected chi connectivity index (χ4v) is 8.13. The van der Waals surface area contributed by atoms with Crippen molar-refractivity contribution in [3.8, 4) is 0 Å². The van der Waals surface area contributed by atoms with Gasteiger partial charge in [-0.25, -0.2) is 0 Å². The second-order valence-electron chi connectivity index (χ2n) is 17.9. The molecule has 0 aliphatic carbocycles. The van der Waals surface area contributed by atoms with Crippen LogP contribution >= 0.6 is 0 Å². The van der Waals surface area contributed by atoms with Gasteiger partial charge < -0.3 is 20.3 Å². The van der Waals surface area contributed by atoms with Gasteiger partial charge >= 0.3 is 5.97 Å². The Morgan fingerprint density at radius 2 is 0.828 bits per heavy atom. The quantitative estimate of drug-likeness (QED) is 0.0323. The van der Waals surface area contributed by atoms with E-state index in [0.29, 0.717) is 19.3 Å². The lowest BCUT2D eigenvalue weighted by Crippen LogP contribution is -2.46. The van der Waals surface area contributed by atoms with Crippen LogP contribution in [0.5, 0.6) is 0 Å². The minimum atomic E-state index is -0.782. The third-order valence-electron chi connectivity index (χ3n) is 12.1. The average molecular weight is 820 g/mol. The zero-order chi connectivity index (χ0) is 42.4. The first-order valence-electron chi connectivity index (χ1n) is 25.9. The standard InChI is InChI=1S/C52H101NO5/c1-4-7-10-13-16-19-21-23-25-27-29-31-33-36-39-42-45-52(57)58-48(43-40-37-34-18-15-12-9-6-3)46-51(56)53-49(47-54)50(55)44-41-38-35-32-30-28-26-24-22-20-17-14-11-8-5-2/h25,27,48-50,54-55H,4-24,26,28-47H2,1-3H3,(H,53,56)/b27-25+. The molecule has 0 aliphatic rings. The van der Waals surface area contributed by atoms with Gasteiger partial charge in [0.25, 0.3) is 0 Å². The molecular formula is C52H101NO5. The van der Waals surface area contributed by atoms with Gasteiger partial charge in [-0.15, -0.1) is 0 Å². The average Bonchev–Trinajstić information content (AvgIpc) is 3.22. The predicted octanol–water partition coefficient (Wildman–Crippen LogP) is 15.3. The molecular weight excluding hydrogens is 719 g/mol. The summed E-state index contributed by atoms with van der Waals surface area (Å²) in [7, 11) is 0. The third-order valence-corrected chi connectivity index (χ3v) is 12.1. The molecule has 344 valence electrons. The normalized spacial score (nSPS) is 13.3. The molecule has 6 nitrogen and oxygen atoms in total. The summed E-state index contributed by atoms with van der Waals surface area (Å²) in [6, 6.07) is -0.695. The van der Waals surface area contributed by atoms with E-state index in [1.165, 1.54) is 186 Å². The maximum atomic E-state index is 13.1. The van der Waals surface area contributed by atoms with E-state index in [9.17, 15) is 19.8 Å². The highest BCUT2D eigenvalue weighted by atomic mass is 16.5. The summed E-state index contributed by atoms with van der Waals surface area (Å²) in [5.74, 6) is -0.471. The van der Waals surface area contributed by atoms with Crippen LogP contribution in [0, 0.1) is 0 Å². The molecule has 0 heterocycles. The summed E-state index contributed by atoms with van der Waals surface area (Å²) in [4.78, 5) is 26.0. The Labute approximate surface area is 361 Å². The number of esters is 1. The molecule has 0 radical (unpaired) electrons. The Morgan fingerprint density at radius 3 is 1.22 bits per heavy atom. The van der Waals surface area contributed by atoms with E-state index >= 15 is 0 Å². The van der Waals surface area contributed by atoms with Crippen LogP contribution in [0.15, 0.2) is 12.2 Å². The van der Waals surface area contributed by atoms with Crippen molar-refractivity contribution in [1.29, 1.82) is 0 Å². The summed E-state index contributed by atoms with van der Waals surface area (Å²) < 4.78 is 5.91. The number of aliphatic hydroxyl groups is 2. The zero-order valence-electron chi connectivity index (χ0n) is 39.2. The molecule has 0 bridgehead atoms. The zero-order valence-corrected chi connectivity index (χ0v) is 39.2. The number of nitrogens with one attached hydrogen (secondary N) is 1. The van der Waals surface area contributed by atoms with Gasteiger partial charge in [0.15, 0.2) is 0 Å². The van der Waals surface area contributed by atoms with Gasteiger partial charge in [0, 0.05) is 6.42 Å². The van der Waals surface area contributed by atoms with Crippen molar-refractivity contribution in [2.24, 2.45) is 0 Å². The van der Waals surface area contributed by atoms with Gasteiger partial charge in [-0.2, -0.15) is 0 Å². The van der Waals surface area contributed by atoms with Crippen molar-refractivity contribution in [3.05, 3.63) is 12.2 Å². The SMILES string of the molecule is CCCCCCCCC/C=C/CCCCCCCC(=O)OC(CCCCCCCCCC)CC(=O)NC(CO)C(O)CCCCCCCCCCCCCCCCC. The van der Waals surface area contributed by atoms with E-state index in [2.05, 4.69) is 38.2 Å². The van der Waals surface area contributed by atoms with Crippen LogP contribution in [0.2, 0.25) is 0 Å². The minimum absolute atomic E-state index is 0.0803. The van der Waals surface area contributed by atoms with E-state index in [4.69, 9.17) is 4.74 Å². The second kappa shape index (κ2) is 46.7. The second-order valence-corrected chi connectivity index (χ2v) is 17.9. The lowest BCUT2D eigenvalue weighted by Gasteiger charge is -2.24. The van der Waals surface area contributed by atoms with Crippen LogP contribution in [0.3, 0.4) is 0 Å². The van der Waals surface area contributed by atoms with Crippen molar-refractivity contribution in [1.82, 2.24) is 5.32 Å². The van der Waals surface area contributed by atoms with Crippen LogP contribution in [0.1, 0.15) is 284 Å². The number of aliphatic hydroxyl groups excluding tert-OH is 2. The van der Waals surface area contributed by atoms with Crippen LogP contribution in [0.4, 0.5) is 0 Å². The third kappa shape index (κ3) is 41.3. The molecule has 0 saturated heterocycles. The monoisotopic (exact) mass is 820 g/mol. The minimum Gasteiger partial charge on any atom is -0.462 e. The number of hydrogen-bond donors (Lipinski definition) is 3. The Kier molecular flexibility index (Phi) is 45.5. The molecule has 0 aromatic heterocycles. The highest BCUT2D eigenvalue weighted by molar-refractivity contribution is 5.77. The highest BCUT2D eigenvalue weighted by Crippen LogP contribution is 2.18. The number of allylic oxidation sites excluding steroid dienone is 2. The van der Waals surface area contributed by atoms with Crippen molar-refractivity contribution in [2.75, 3.05) is 6.61 Å². The number of hydrogen-bond acceptors (Lipinski definition) is 5. The molecule has 3 unspecified atom stereocenters. The summed E-state index contributed by atoms with van der Waals surface area (Å²) in [5.41, 5.74) is 0. The highest BCUT2D eigenvalue weighted by Gasteiger charge is 2.24. The topological polar surface area (TPSA) is 95.9 Å². The van der Waals surface area contributed by atoms with E-state index in [1.807, 2.05) is 0 Å². The lowest BCUT2D eigenvalue weighted by atomic mass is 10.0. The van der Waals surface area contributed by atoms with Crippen LogP contribution in [-0.2, 0) is 14.3 Å². The van der Waals surface area contributed by atoms with Crippen molar-refractivity contribution in [2.45, 2.75) is 302 Å². The first kappa shape index (κ1) is 56.6. The van der Waals surface area contributed by atoms with Crippen LogP contribution < -0.4 is 5.32 Å². The molecule has 1 amide bonds. The Balaban J connectivity index is 4.38. The van der Waals surface area contributed by atoms with Gasteiger partial charge in [0.2, 0.25) is 5.91 Å².